The van der Waals surface area contributed by atoms with Crippen LogP contribution in [0.1, 0.15) is 23.7 Å². The molecule has 1 heterocycles. The lowest BCUT2D eigenvalue weighted by Crippen LogP contribution is -2.38. The van der Waals surface area contributed by atoms with E-state index in [1.165, 1.54) is 5.56 Å². The van der Waals surface area contributed by atoms with Crippen LogP contribution in [0.2, 0.25) is 0 Å². The molecular weight excluding hydrogens is 302 g/mol. The number of aryl methyl sites for hydroxylation is 2. The topological polar surface area (TPSA) is 63.5 Å². The zero-order valence-corrected chi connectivity index (χ0v) is 15.0. The average molecular weight is 329 g/mol. The maximum Gasteiger partial charge on any atom is 0.191 e. The molecule has 0 unspecified atom stereocenters. The largest absolute Gasteiger partial charge is 0.496 e. The Balaban J connectivity index is 1.90. The van der Waals surface area contributed by atoms with Crippen LogP contribution in [0.5, 0.6) is 5.75 Å². The van der Waals surface area contributed by atoms with Crippen molar-refractivity contribution >= 4 is 5.96 Å². The number of hydrogen-bond acceptors (Lipinski definition) is 3. The fourth-order valence-corrected chi connectivity index (χ4v) is 2.40. The van der Waals surface area contributed by atoms with Gasteiger partial charge in [0.15, 0.2) is 5.96 Å². The molecule has 0 atom stereocenters. The zero-order chi connectivity index (χ0) is 17.4. The van der Waals surface area contributed by atoms with Crippen LogP contribution in [-0.4, -0.2) is 35.9 Å². The van der Waals surface area contributed by atoms with Crippen LogP contribution in [0.15, 0.2) is 35.5 Å². The molecule has 0 spiro atoms. The van der Waals surface area contributed by atoms with Crippen molar-refractivity contribution in [2.45, 2.75) is 26.8 Å². The van der Waals surface area contributed by atoms with Crippen molar-refractivity contribution in [3.63, 3.8) is 0 Å². The molecule has 0 saturated carbocycles. The first-order chi connectivity index (χ1) is 11.6. The number of guanidine groups is 1. The Labute approximate surface area is 143 Å². The Morgan fingerprint density at radius 3 is 2.79 bits per heavy atom. The summed E-state index contributed by atoms with van der Waals surface area (Å²) in [5.41, 5.74) is 3.48. The van der Waals surface area contributed by atoms with Crippen LogP contribution in [0.3, 0.4) is 0 Å². The molecule has 0 saturated heterocycles. The third kappa shape index (κ3) is 5.01. The number of ether oxygens (including phenoxy) is 1. The van der Waals surface area contributed by atoms with Crippen molar-refractivity contribution in [2.24, 2.45) is 12.0 Å². The Bertz CT molecular complexity index is 678. The summed E-state index contributed by atoms with van der Waals surface area (Å²) in [4.78, 5) is 4.60. The fraction of sp³-hybridized carbons (Fsp3) is 0.444. The number of nitrogens with one attached hydrogen (secondary N) is 2. The number of benzene rings is 1. The summed E-state index contributed by atoms with van der Waals surface area (Å²) in [5, 5.41) is 10.8. The molecule has 0 aliphatic carbocycles. The summed E-state index contributed by atoms with van der Waals surface area (Å²) < 4.78 is 7.22. The molecule has 24 heavy (non-hydrogen) atoms. The molecule has 0 radical (unpaired) electrons. The van der Waals surface area contributed by atoms with Gasteiger partial charge in [-0.3, -0.25) is 4.68 Å². The van der Waals surface area contributed by atoms with E-state index >= 15 is 0 Å². The summed E-state index contributed by atoms with van der Waals surface area (Å²) in [6.45, 7) is 6.35. The van der Waals surface area contributed by atoms with Crippen LogP contribution in [-0.2, 0) is 20.0 Å². The lowest BCUT2D eigenvalue weighted by atomic mass is 10.1. The number of aliphatic imine (C=N–C) groups is 1. The van der Waals surface area contributed by atoms with Gasteiger partial charge in [-0.15, -0.1) is 0 Å². The highest BCUT2D eigenvalue weighted by Gasteiger charge is 2.03. The molecule has 1 aromatic carbocycles. The van der Waals surface area contributed by atoms with Crippen LogP contribution in [0.4, 0.5) is 0 Å². The van der Waals surface area contributed by atoms with Crippen LogP contribution >= 0.6 is 0 Å². The molecule has 0 aliphatic rings. The van der Waals surface area contributed by atoms with Crippen molar-refractivity contribution in [3.05, 3.63) is 47.3 Å². The molecule has 0 aliphatic heterocycles. The SMILES string of the molecule is CCNC(=NCc1ccnn1C)NCCc1ccc(C)c(OC)c1. The number of rotatable bonds is 7. The van der Waals surface area contributed by atoms with Crippen molar-refractivity contribution in [2.75, 3.05) is 20.2 Å². The molecule has 2 rings (SSSR count). The Kier molecular flexibility index (Phi) is 6.66. The van der Waals surface area contributed by atoms with Crippen molar-refractivity contribution in [1.29, 1.82) is 0 Å². The van der Waals surface area contributed by atoms with Gasteiger partial charge in [0.05, 0.1) is 19.3 Å². The van der Waals surface area contributed by atoms with Crippen LogP contribution < -0.4 is 15.4 Å². The van der Waals surface area contributed by atoms with Crippen LogP contribution in [0.25, 0.3) is 0 Å². The normalized spacial score (nSPS) is 11.4. The second kappa shape index (κ2) is 8.96. The lowest BCUT2D eigenvalue weighted by Gasteiger charge is -2.12. The predicted molar refractivity (Wildman–Crippen MR) is 97.5 cm³/mol. The minimum absolute atomic E-state index is 0.601. The number of aromatic nitrogens is 2. The second-order valence-corrected chi connectivity index (χ2v) is 5.62. The summed E-state index contributed by atoms with van der Waals surface area (Å²) in [6, 6.07) is 8.30. The van der Waals surface area contributed by atoms with E-state index in [9.17, 15) is 0 Å². The van der Waals surface area contributed by atoms with Gasteiger partial charge in [0.2, 0.25) is 0 Å². The van der Waals surface area contributed by atoms with Crippen molar-refractivity contribution in [3.8, 4) is 5.75 Å². The van der Waals surface area contributed by atoms with Gasteiger partial charge in [-0.25, -0.2) is 4.99 Å². The zero-order valence-electron chi connectivity index (χ0n) is 15.0. The van der Waals surface area contributed by atoms with Gasteiger partial charge in [0.1, 0.15) is 5.75 Å². The Morgan fingerprint density at radius 2 is 2.12 bits per heavy atom. The fourth-order valence-electron chi connectivity index (χ4n) is 2.40. The van der Waals surface area contributed by atoms with Gasteiger partial charge < -0.3 is 15.4 Å². The molecule has 6 heteroatoms. The first-order valence-corrected chi connectivity index (χ1v) is 8.26. The molecule has 2 aromatic rings. The first-order valence-electron chi connectivity index (χ1n) is 8.26. The molecule has 6 nitrogen and oxygen atoms in total. The van der Waals surface area contributed by atoms with E-state index in [0.29, 0.717) is 6.54 Å². The maximum atomic E-state index is 5.38. The van der Waals surface area contributed by atoms with Gasteiger partial charge in [-0.1, -0.05) is 12.1 Å². The molecule has 0 bridgehead atoms. The molecule has 2 N–H and O–H groups in total. The van der Waals surface area contributed by atoms with Gasteiger partial charge >= 0.3 is 0 Å². The van der Waals surface area contributed by atoms with E-state index in [0.717, 1.165) is 42.5 Å². The summed E-state index contributed by atoms with van der Waals surface area (Å²) in [6.07, 6.45) is 2.70. The molecule has 1 aromatic heterocycles. The highest BCUT2D eigenvalue weighted by molar-refractivity contribution is 5.79. The highest BCUT2D eigenvalue weighted by Crippen LogP contribution is 2.18. The average Bonchev–Trinajstić information content (AvgIpc) is 2.99. The monoisotopic (exact) mass is 329 g/mol. The maximum absolute atomic E-state index is 5.38. The van der Waals surface area contributed by atoms with Gasteiger partial charge in [-0.05, 0) is 43.5 Å². The molecular formula is C18H27N5O. The second-order valence-electron chi connectivity index (χ2n) is 5.62. The Hall–Kier alpha value is -2.50. The quantitative estimate of drug-likeness (QED) is 0.603. The summed E-state index contributed by atoms with van der Waals surface area (Å²) >= 11 is 0. The lowest BCUT2D eigenvalue weighted by molar-refractivity contribution is 0.411. The van der Waals surface area contributed by atoms with Crippen molar-refractivity contribution in [1.82, 2.24) is 20.4 Å². The molecule has 0 fully saturated rings. The van der Waals surface area contributed by atoms with E-state index < -0.39 is 0 Å². The third-order valence-electron chi connectivity index (χ3n) is 3.84. The standard InChI is InChI=1S/C18H27N5O/c1-5-19-18(21-13-16-9-11-22-23(16)3)20-10-8-15-7-6-14(2)17(12-15)24-4/h6-7,9,11-12H,5,8,10,13H2,1-4H3,(H2,19,20,21). The van der Waals surface area contributed by atoms with E-state index in [2.05, 4.69) is 52.8 Å². The number of hydrogen-bond donors (Lipinski definition) is 2. The minimum Gasteiger partial charge on any atom is -0.496 e. The van der Waals surface area contributed by atoms with E-state index in [-0.39, 0.29) is 0 Å². The number of methoxy groups -OCH3 is 1. The van der Waals surface area contributed by atoms with E-state index in [4.69, 9.17) is 4.74 Å². The first kappa shape index (κ1) is 17.8. The third-order valence-corrected chi connectivity index (χ3v) is 3.84. The molecule has 130 valence electrons. The highest BCUT2D eigenvalue weighted by atomic mass is 16.5. The van der Waals surface area contributed by atoms with Gasteiger partial charge in [0.25, 0.3) is 0 Å². The predicted octanol–water partition coefficient (Wildman–Crippen LogP) is 2.03. The van der Waals surface area contributed by atoms with Gasteiger partial charge in [0, 0.05) is 26.3 Å². The molecule has 0 amide bonds. The van der Waals surface area contributed by atoms with Crippen LogP contribution in [0, 0.1) is 6.92 Å². The smallest absolute Gasteiger partial charge is 0.191 e. The van der Waals surface area contributed by atoms with Gasteiger partial charge in [-0.2, -0.15) is 5.10 Å². The summed E-state index contributed by atoms with van der Waals surface area (Å²) in [5.74, 6) is 1.75. The number of nitrogens with zero attached hydrogens (tertiary/aromatic N) is 3. The summed E-state index contributed by atoms with van der Waals surface area (Å²) in [7, 11) is 3.63. The van der Waals surface area contributed by atoms with E-state index in [1.807, 2.05) is 17.8 Å². The van der Waals surface area contributed by atoms with Crippen molar-refractivity contribution < 1.29 is 4.74 Å². The van der Waals surface area contributed by atoms with E-state index in [1.54, 1.807) is 13.3 Å². The minimum atomic E-state index is 0.601. The Morgan fingerprint density at radius 1 is 1.29 bits per heavy atom.